The number of nitrogens with zero attached hydrogens (tertiary/aromatic N) is 1. The predicted molar refractivity (Wildman–Crippen MR) is 85.9 cm³/mol. The fourth-order valence-electron chi connectivity index (χ4n) is 3.03. The van der Waals surface area contributed by atoms with Crippen LogP contribution in [0.25, 0.3) is 0 Å². The van der Waals surface area contributed by atoms with Gasteiger partial charge in [0.05, 0.1) is 6.54 Å². The van der Waals surface area contributed by atoms with Crippen LogP contribution in [-0.4, -0.2) is 42.9 Å². The SMILES string of the molecule is CCCN(CC(=O)c1cc(C)sc1C)C1CCNCC1. The number of aryl methyl sites for hydroxylation is 2. The highest BCUT2D eigenvalue weighted by molar-refractivity contribution is 7.12. The van der Waals surface area contributed by atoms with Crippen molar-refractivity contribution in [2.24, 2.45) is 0 Å². The van der Waals surface area contributed by atoms with Crippen molar-refractivity contribution in [3.05, 3.63) is 21.4 Å². The molecule has 1 aliphatic heterocycles. The molecule has 2 rings (SSSR count). The molecule has 112 valence electrons. The zero-order chi connectivity index (χ0) is 14.5. The Morgan fingerprint density at radius 3 is 2.65 bits per heavy atom. The molecular formula is C16H26N2OS. The summed E-state index contributed by atoms with van der Waals surface area (Å²) in [6.45, 7) is 10.1. The van der Waals surface area contributed by atoms with Crippen LogP contribution < -0.4 is 5.32 Å². The molecule has 0 saturated carbocycles. The van der Waals surface area contributed by atoms with Crippen LogP contribution in [0.4, 0.5) is 0 Å². The lowest BCUT2D eigenvalue weighted by atomic mass is 10.0. The van der Waals surface area contributed by atoms with Gasteiger partial charge in [-0.2, -0.15) is 0 Å². The van der Waals surface area contributed by atoms with Gasteiger partial charge in [0.1, 0.15) is 0 Å². The number of hydrogen-bond acceptors (Lipinski definition) is 4. The zero-order valence-corrected chi connectivity index (χ0v) is 13.7. The third kappa shape index (κ3) is 3.90. The first-order chi connectivity index (χ1) is 9.61. The number of piperidine rings is 1. The minimum atomic E-state index is 0.291. The molecule has 1 aliphatic rings. The fourth-order valence-corrected chi connectivity index (χ4v) is 3.97. The molecular weight excluding hydrogens is 268 g/mol. The summed E-state index contributed by atoms with van der Waals surface area (Å²) < 4.78 is 0. The number of Topliss-reactive ketones (excluding diaryl/α,β-unsaturated/α-hetero) is 1. The molecule has 1 aromatic rings. The normalized spacial score (nSPS) is 16.8. The summed E-state index contributed by atoms with van der Waals surface area (Å²) in [6.07, 6.45) is 3.43. The quantitative estimate of drug-likeness (QED) is 0.819. The van der Waals surface area contributed by atoms with Gasteiger partial charge in [-0.05, 0) is 58.8 Å². The average molecular weight is 294 g/mol. The summed E-state index contributed by atoms with van der Waals surface area (Å²) >= 11 is 1.72. The van der Waals surface area contributed by atoms with Crippen LogP contribution in [0.2, 0.25) is 0 Å². The largest absolute Gasteiger partial charge is 0.317 e. The Bertz CT molecular complexity index is 449. The van der Waals surface area contributed by atoms with E-state index >= 15 is 0 Å². The number of carbonyl (C=O) groups is 1. The highest BCUT2D eigenvalue weighted by atomic mass is 32.1. The second-order valence-electron chi connectivity index (χ2n) is 5.70. The van der Waals surface area contributed by atoms with Gasteiger partial charge < -0.3 is 5.32 Å². The molecule has 0 amide bonds. The summed E-state index contributed by atoms with van der Waals surface area (Å²) in [7, 11) is 0. The Labute approximate surface area is 126 Å². The number of carbonyl (C=O) groups excluding carboxylic acids is 1. The van der Waals surface area contributed by atoms with E-state index in [1.807, 2.05) is 0 Å². The van der Waals surface area contributed by atoms with Crippen molar-refractivity contribution in [2.75, 3.05) is 26.2 Å². The molecule has 0 spiro atoms. The number of ketones is 1. The fraction of sp³-hybridized carbons (Fsp3) is 0.688. The first-order valence-electron chi connectivity index (χ1n) is 7.66. The molecule has 1 fully saturated rings. The number of thiophene rings is 1. The third-order valence-electron chi connectivity index (χ3n) is 4.02. The minimum Gasteiger partial charge on any atom is -0.317 e. The topological polar surface area (TPSA) is 32.3 Å². The molecule has 3 nitrogen and oxygen atoms in total. The van der Waals surface area contributed by atoms with Crippen molar-refractivity contribution in [3.8, 4) is 0 Å². The predicted octanol–water partition coefficient (Wildman–Crippen LogP) is 3.01. The second-order valence-corrected chi connectivity index (χ2v) is 7.16. The van der Waals surface area contributed by atoms with Crippen LogP contribution in [0.3, 0.4) is 0 Å². The zero-order valence-electron chi connectivity index (χ0n) is 12.9. The lowest BCUT2D eigenvalue weighted by molar-refractivity contribution is 0.0865. The number of hydrogen-bond donors (Lipinski definition) is 1. The first-order valence-corrected chi connectivity index (χ1v) is 8.48. The minimum absolute atomic E-state index is 0.291. The van der Waals surface area contributed by atoms with Crippen LogP contribution in [0, 0.1) is 13.8 Å². The average Bonchev–Trinajstić information content (AvgIpc) is 2.78. The van der Waals surface area contributed by atoms with E-state index in [-0.39, 0.29) is 0 Å². The molecule has 2 heterocycles. The summed E-state index contributed by atoms with van der Waals surface area (Å²) in [5.74, 6) is 0.291. The van der Waals surface area contributed by atoms with Crippen molar-refractivity contribution in [1.82, 2.24) is 10.2 Å². The highest BCUT2D eigenvalue weighted by Crippen LogP contribution is 2.22. The van der Waals surface area contributed by atoms with E-state index in [9.17, 15) is 4.79 Å². The van der Waals surface area contributed by atoms with Gasteiger partial charge in [-0.3, -0.25) is 9.69 Å². The molecule has 0 aromatic carbocycles. The number of nitrogens with one attached hydrogen (secondary N) is 1. The van der Waals surface area contributed by atoms with Gasteiger partial charge in [-0.25, -0.2) is 0 Å². The lowest BCUT2D eigenvalue weighted by Gasteiger charge is -2.34. The Morgan fingerprint density at radius 2 is 2.10 bits per heavy atom. The van der Waals surface area contributed by atoms with Gasteiger partial charge in [0, 0.05) is 21.4 Å². The van der Waals surface area contributed by atoms with Gasteiger partial charge in [0.2, 0.25) is 0 Å². The van der Waals surface area contributed by atoms with E-state index in [2.05, 4.69) is 37.1 Å². The maximum Gasteiger partial charge on any atom is 0.177 e. The van der Waals surface area contributed by atoms with Crippen LogP contribution in [0.1, 0.15) is 46.3 Å². The molecule has 1 aromatic heterocycles. The van der Waals surface area contributed by atoms with Crippen molar-refractivity contribution >= 4 is 17.1 Å². The summed E-state index contributed by atoms with van der Waals surface area (Å²) in [6, 6.07) is 2.62. The molecule has 0 atom stereocenters. The Morgan fingerprint density at radius 1 is 1.40 bits per heavy atom. The van der Waals surface area contributed by atoms with Crippen molar-refractivity contribution in [3.63, 3.8) is 0 Å². The van der Waals surface area contributed by atoms with E-state index in [1.54, 1.807) is 11.3 Å². The second kappa shape index (κ2) is 7.34. The van der Waals surface area contributed by atoms with Crippen LogP contribution >= 0.6 is 11.3 Å². The van der Waals surface area contributed by atoms with Crippen molar-refractivity contribution in [1.29, 1.82) is 0 Å². The van der Waals surface area contributed by atoms with Gasteiger partial charge in [0.15, 0.2) is 5.78 Å². The lowest BCUT2D eigenvalue weighted by Crippen LogP contribution is -2.45. The molecule has 0 bridgehead atoms. The van der Waals surface area contributed by atoms with Gasteiger partial charge in [0.25, 0.3) is 0 Å². The van der Waals surface area contributed by atoms with Gasteiger partial charge in [-0.15, -0.1) is 11.3 Å². The Kier molecular flexibility index (Phi) is 5.75. The van der Waals surface area contributed by atoms with E-state index in [0.29, 0.717) is 18.4 Å². The van der Waals surface area contributed by atoms with E-state index in [0.717, 1.165) is 49.3 Å². The van der Waals surface area contributed by atoms with Crippen molar-refractivity contribution in [2.45, 2.75) is 46.1 Å². The van der Waals surface area contributed by atoms with Crippen LogP contribution in [0.15, 0.2) is 6.07 Å². The smallest absolute Gasteiger partial charge is 0.177 e. The van der Waals surface area contributed by atoms with Gasteiger partial charge >= 0.3 is 0 Å². The molecule has 0 aliphatic carbocycles. The highest BCUT2D eigenvalue weighted by Gasteiger charge is 2.23. The van der Waals surface area contributed by atoms with E-state index in [1.165, 1.54) is 4.88 Å². The van der Waals surface area contributed by atoms with Crippen LogP contribution in [-0.2, 0) is 0 Å². The van der Waals surface area contributed by atoms with E-state index in [4.69, 9.17) is 0 Å². The first kappa shape index (κ1) is 15.7. The van der Waals surface area contributed by atoms with Gasteiger partial charge in [-0.1, -0.05) is 6.92 Å². The maximum atomic E-state index is 12.6. The maximum absolute atomic E-state index is 12.6. The monoisotopic (exact) mass is 294 g/mol. The molecule has 0 radical (unpaired) electrons. The molecule has 1 saturated heterocycles. The number of rotatable bonds is 6. The Hall–Kier alpha value is -0.710. The van der Waals surface area contributed by atoms with Crippen molar-refractivity contribution < 1.29 is 4.79 Å². The standard InChI is InChI=1S/C16H26N2OS/c1-4-9-18(14-5-7-17-8-6-14)11-16(19)15-10-12(2)20-13(15)3/h10,14,17H,4-9,11H2,1-3H3. The molecule has 1 N–H and O–H groups in total. The summed E-state index contributed by atoms with van der Waals surface area (Å²) in [4.78, 5) is 17.3. The summed E-state index contributed by atoms with van der Waals surface area (Å²) in [5.41, 5.74) is 0.933. The molecule has 4 heteroatoms. The molecule has 0 unspecified atom stereocenters. The van der Waals surface area contributed by atoms with Crippen LogP contribution in [0.5, 0.6) is 0 Å². The summed E-state index contributed by atoms with van der Waals surface area (Å²) in [5, 5.41) is 3.40. The third-order valence-corrected chi connectivity index (χ3v) is 4.99. The van der Waals surface area contributed by atoms with E-state index < -0.39 is 0 Å². The Balaban J connectivity index is 2.03. The molecule has 20 heavy (non-hydrogen) atoms.